The van der Waals surface area contributed by atoms with E-state index in [2.05, 4.69) is 63.3 Å². The molecule has 132 valence electrons. The second-order valence-electron chi connectivity index (χ2n) is 7.25. The Morgan fingerprint density at radius 3 is 2.67 bits per heavy atom. The van der Waals surface area contributed by atoms with Crippen molar-refractivity contribution in [1.82, 2.24) is 9.78 Å². The van der Waals surface area contributed by atoms with Crippen molar-refractivity contribution >= 4 is 0 Å². The van der Waals surface area contributed by atoms with Gasteiger partial charge in [-0.15, -0.1) is 0 Å². The van der Waals surface area contributed by atoms with Gasteiger partial charge in [-0.05, 0) is 43.7 Å². The van der Waals surface area contributed by atoms with Crippen LogP contribution in [-0.4, -0.2) is 22.5 Å². The van der Waals surface area contributed by atoms with Crippen molar-refractivity contribution in [1.29, 1.82) is 0 Å². The Morgan fingerprint density at radius 2 is 1.92 bits per heavy atom. The average Bonchev–Trinajstić information content (AvgIpc) is 3.00. The molecule has 0 spiro atoms. The van der Waals surface area contributed by atoms with Crippen LogP contribution in [0.1, 0.15) is 52.5 Å². The van der Waals surface area contributed by atoms with E-state index >= 15 is 0 Å². The van der Waals surface area contributed by atoms with E-state index in [-0.39, 0.29) is 6.10 Å². The summed E-state index contributed by atoms with van der Waals surface area (Å²) < 4.78 is 7.56. The first-order valence-electron chi connectivity index (χ1n) is 9.28. The third-order valence-electron chi connectivity index (χ3n) is 4.16. The molecular formula is C21H32N2O. The van der Waals surface area contributed by atoms with Crippen LogP contribution >= 0.6 is 0 Å². The quantitative estimate of drug-likeness (QED) is 0.550. The van der Waals surface area contributed by atoms with Crippen LogP contribution in [-0.2, 0) is 17.7 Å². The molecule has 1 heterocycles. The molecule has 2 aromatic rings. The fraction of sp³-hybridized carbons (Fsp3) is 0.571. The number of unbranched alkanes of at least 4 members (excludes halogenated alkanes) is 1. The fourth-order valence-electron chi connectivity index (χ4n) is 2.80. The van der Waals surface area contributed by atoms with E-state index in [9.17, 15) is 0 Å². The Bertz CT molecular complexity index is 601. The molecule has 0 radical (unpaired) electrons. The van der Waals surface area contributed by atoms with E-state index in [0.29, 0.717) is 6.61 Å². The minimum Gasteiger partial charge on any atom is -0.377 e. The van der Waals surface area contributed by atoms with Crippen molar-refractivity contribution in [3.8, 4) is 11.1 Å². The summed E-state index contributed by atoms with van der Waals surface area (Å²) in [6.45, 7) is 10.2. The Morgan fingerprint density at radius 1 is 1.08 bits per heavy atom. The van der Waals surface area contributed by atoms with Crippen LogP contribution in [0.25, 0.3) is 11.1 Å². The summed E-state index contributed by atoms with van der Waals surface area (Å²) in [6, 6.07) is 8.87. The standard InChI is InChI=1S/C21H32N2O/c1-17(2)8-5-6-9-19-10-7-11-20(14-19)21-15-22-23(16-21)12-13-24-18(3)4/h7,10-11,14-18H,5-6,8-9,12-13H2,1-4H3. The second-order valence-corrected chi connectivity index (χ2v) is 7.25. The summed E-state index contributed by atoms with van der Waals surface area (Å²) in [5.74, 6) is 0.807. The molecule has 1 aromatic carbocycles. The number of nitrogens with zero attached hydrogens (tertiary/aromatic N) is 2. The number of hydrogen-bond acceptors (Lipinski definition) is 2. The molecular weight excluding hydrogens is 296 g/mol. The molecule has 0 saturated heterocycles. The zero-order chi connectivity index (χ0) is 17.4. The largest absolute Gasteiger partial charge is 0.377 e. The van der Waals surface area contributed by atoms with Crippen LogP contribution in [0.15, 0.2) is 36.7 Å². The molecule has 0 unspecified atom stereocenters. The molecule has 1 aromatic heterocycles. The van der Waals surface area contributed by atoms with Crippen LogP contribution in [0, 0.1) is 5.92 Å². The molecule has 0 bridgehead atoms. The maximum Gasteiger partial charge on any atom is 0.0666 e. The second kappa shape index (κ2) is 9.63. The third kappa shape index (κ3) is 6.48. The van der Waals surface area contributed by atoms with Crippen molar-refractivity contribution in [3.05, 3.63) is 42.2 Å². The smallest absolute Gasteiger partial charge is 0.0666 e. The molecule has 0 aliphatic carbocycles. The lowest BCUT2D eigenvalue weighted by molar-refractivity contribution is 0.0710. The molecule has 3 heteroatoms. The summed E-state index contributed by atoms with van der Waals surface area (Å²) in [6.07, 6.45) is 9.41. The molecule has 2 rings (SSSR count). The molecule has 0 aliphatic rings. The van der Waals surface area contributed by atoms with Gasteiger partial charge in [-0.1, -0.05) is 51.0 Å². The molecule has 0 aliphatic heterocycles. The summed E-state index contributed by atoms with van der Waals surface area (Å²) in [7, 11) is 0. The Kier molecular flexibility index (Phi) is 7.51. The van der Waals surface area contributed by atoms with Gasteiger partial charge >= 0.3 is 0 Å². The van der Waals surface area contributed by atoms with Crippen LogP contribution < -0.4 is 0 Å². The molecule has 0 N–H and O–H groups in total. The Hall–Kier alpha value is -1.61. The molecule has 3 nitrogen and oxygen atoms in total. The SMILES string of the molecule is CC(C)CCCCc1cccc(-c2cnn(CCOC(C)C)c2)c1. The summed E-state index contributed by atoms with van der Waals surface area (Å²) in [5, 5.41) is 4.45. The number of benzene rings is 1. The maximum atomic E-state index is 5.59. The molecule has 0 saturated carbocycles. The van der Waals surface area contributed by atoms with Crippen molar-refractivity contribution in [2.45, 2.75) is 66.0 Å². The van der Waals surface area contributed by atoms with Crippen molar-refractivity contribution in [2.75, 3.05) is 6.61 Å². The van der Waals surface area contributed by atoms with Gasteiger partial charge in [0.05, 0.1) is 25.5 Å². The number of hydrogen-bond donors (Lipinski definition) is 0. The van der Waals surface area contributed by atoms with Gasteiger partial charge in [0, 0.05) is 11.8 Å². The summed E-state index contributed by atoms with van der Waals surface area (Å²) in [4.78, 5) is 0. The molecule has 0 fully saturated rings. The first kappa shape index (κ1) is 18.7. The van der Waals surface area contributed by atoms with Crippen LogP contribution in [0.2, 0.25) is 0 Å². The highest BCUT2D eigenvalue weighted by molar-refractivity contribution is 5.62. The lowest BCUT2D eigenvalue weighted by Crippen LogP contribution is -2.10. The normalized spacial score (nSPS) is 11.6. The van der Waals surface area contributed by atoms with E-state index in [4.69, 9.17) is 4.74 Å². The minimum atomic E-state index is 0.271. The molecule has 0 atom stereocenters. The Balaban J connectivity index is 1.90. The van der Waals surface area contributed by atoms with Gasteiger partial charge in [0.1, 0.15) is 0 Å². The average molecular weight is 329 g/mol. The number of aromatic nitrogens is 2. The monoisotopic (exact) mass is 328 g/mol. The predicted octanol–water partition coefficient (Wildman–Crippen LogP) is 5.34. The lowest BCUT2D eigenvalue weighted by Gasteiger charge is -2.07. The maximum absolute atomic E-state index is 5.59. The van der Waals surface area contributed by atoms with E-state index in [1.807, 2.05) is 10.9 Å². The number of rotatable bonds is 10. The number of aryl methyl sites for hydroxylation is 1. The third-order valence-corrected chi connectivity index (χ3v) is 4.16. The van der Waals surface area contributed by atoms with E-state index in [1.54, 1.807) is 0 Å². The molecule has 0 amide bonds. The van der Waals surface area contributed by atoms with Crippen molar-refractivity contribution in [2.24, 2.45) is 5.92 Å². The fourth-order valence-corrected chi connectivity index (χ4v) is 2.80. The predicted molar refractivity (Wildman–Crippen MR) is 101 cm³/mol. The highest BCUT2D eigenvalue weighted by Gasteiger charge is 2.04. The van der Waals surface area contributed by atoms with E-state index < -0.39 is 0 Å². The van der Waals surface area contributed by atoms with Crippen molar-refractivity contribution in [3.63, 3.8) is 0 Å². The van der Waals surface area contributed by atoms with E-state index in [1.165, 1.54) is 36.0 Å². The lowest BCUT2D eigenvalue weighted by atomic mass is 10.00. The van der Waals surface area contributed by atoms with Gasteiger partial charge in [0.2, 0.25) is 0 Å². The topological polar surface area (TPSA) is 27.1 Å². The minimum absolute atomic E-state index is 0.271. The van der Waals surface area contributed by atoms with Gasteiger partial charge < -0.3 is 4.74 Å². The highest BCUT2D eigenvalue weighted by Crippen LogP contribution is 2.21. The molecule has 24 heavy (non-hydrogen) atoms. The summed E-state index contributed by atoms with van der Waals surface area (Å²) in [5.41, 5.74) is 3.86. The van der Waals surface area contributed by atoms with Gasteiger partial charge in [-0.25, -0.2) is 0 Å². The zero-order valence-electron chi connectivity index (χ0n) is 15.7. The van der Waals surface area contributed by atoms with Gasteiger partial charge in [-0.3, -0.25) is 4.68 Å². The van der Waals surface area contributed by atoms with Crippen LogP contribution in [0.3, 0.4) is 0 Å². The highest BCUT2D eigenvalue weighted by atomic mass is 16.5. The van der Waals surface area contributed by atoms with Gasteiger partial charge in [-0.2, -0.15) is 5.10 Å². The van der Waals surface area contributed by atoms with Crippen LogP contribution in [0.5, 0.6) is 0 Å². The van der Waals surface area contributed by atoms with Crippen molar-refractivity contribution < 1.29 is 4.74 Å². The van der Waals surface area contributed by atoms with Gasteiger partial charge in [0.25, 0.3) is 0 Å². The number of ether oxygens (including phenoxy) is 1. The van der Waals surface area contributed by atoms with E-state index in [0.717, 1.165) is 18.9 Å². The first-order valence-corrected chi connectivity index (χ1v) is 9.28. The van der Waals surface area contributed by atoms with Crippen LogP contribution in [0.4, 0.5) is 0 Å². The zero-order valence-corrected chi connectivity index (χ0v) is 15.7. The first-order chi connectivity index (χ1) is 11.5. The summed E-state index contributed by atoms with van der Waals surface area (Å²) >= 11 is 0. The van der Waals surface area contributed by atoms with Gasteiger partial charge in [0.15, 0.2) is 0 Å². The Labute approximate surface area is 147 Å².